The highest BCUT2D eigenvalue weighted by Gasteiger charge is 2.38. The first-order valence-electron chi connectivity index (χ1n) is 6.18. The number of nitrogens with two attached hydrogens (primary N) is 1. The summed E-state index contributed by atoms with van der Waals surface area (Å²) in [4.78, 5) is 6.65. The lowest BCUT2D eigenvalue weighted by Gasteiger charge is -2.29. The molecule has 3 unspecified atom stereocenters. The van der Waals surface area contributed by atoms with Crippen LogP contribution in [0.15, 0.2) is 17.1 Å². The summed E-state index contributed by atoms with van der Waals surface area (Å²) < 4.78 is 5.00. The summed E-state index contributed by atoms with van der Waals surface area (Å²) in [6, 6.07) is 0.418. The van der Waals surface area contributed by atoms with Crippen molar-refractivity contribution in [3.8, 4) is 0 Å². The van der Waals surface area contributed by atoms with Crippen LogP contribution in [0.5, 0.6) is 0 Å². The molecular formula is C12H20ClN3O. The second-order valence-corrected chi connectivity index (χ2v) is 5.19. The van der Waals surface area contributed by atoms with E-state index in [0.717, 1.165) is 24.7 Å². The lowest BCUT2D eigenvalue weighted by Crippen LogP contribution is -2.38. The Hall–Kier alpha value is -0.580. The molecule has 5 heteroatoms. The first-order valence-corrected chi connectivity index (χ1v) is 6.18. The van der Waals surface area contributed by atoms with Gasteiger partial charge in [0.1, 0.15) is 6.26 Å². The average Bonchev–Trinajstić information content (AvgIpc) is 2.88. The maximum absolute atomic E-state index is 6.19. The highest BCUT2D eigenvalue weighted by atomic mass is 35.5. The van der Waals surface area contributed by atoms with Gasteiger partial charge in [0.25, 0.3) is 0 Å². The number of hydrogen-bond donors (Lipinski definition) is 1. The van der Waals surface area contributed by atoms with Crippen LogP contribution in [0.1, 0.15) is 25.0 Å². The molecule has 0 amide bonds. The molecule has 1 saturated heterocycles. The molecule has 4 nitrogen and oxygen atoms in total. The van der Waals surface area contributed by atoms with Crippen LogP contribution in [0.4, 0.5) is 0 Å². The number of likely N-dealkylation sites (tertiary alicyclic amines) is 1. The fourth-order valence-corrected chi connectivity index (χ4v) is 3.28. The van der Waals surface area contributed by atoms with Gasteiger partial charge >= 0.3 is 0 Å². The molecule has 17 heavy (non-hydrogen) atoms. The van der Waals surface area contributed by atoms with Crippen LogP contribution < -0.4 is 5.73 Å². The summed E-state index contributed by atoms with van der Waals surface area (Å²) in [6.07, 6.45) is 7.11. The van der Waals surface area contributed by atoms with Crippen LogP contribution >= 0.6 is 12.4 Å². The molecule has 3 rings (SSSR count). The van der Waals surface area contributed by atoms with Crippen LogP contribution in [0.2, 0.25) is 0 Å². The predicted octanol–water partition coefficient (Wildman–Crippen LogP) is 1.66. The van der Waals surface area contributed by atoms with Gasteiger partial charge < -0.3 is 10.2 Å². The summed E-state index contributed by atoms with van der Waals surface area (Å²) in [5.41, 5.74) is 7.23. The summed E-state index contributed by atoms with van der Waals surface area (Å²) in [7, 11) is 0. The van der Waals surface area contributed by atoms with Gasteiger partial charge in [-0.2, -0.15) is 0 Å². The first kappa shape index (κ1) is 12.9. The van der Waals surface area contributed by atoms with Crippen LogP contribution in [-0.4, -0.2) is 29.0 Å². The minimum atomic E-state index is 0. The zero-order valence-electron chi connectivity index (χ0n) is 9.92. The van der Waals surface area contributed by atoms with Crippen molar-refractivity contribution in [3.63, 3.8) is 0 Å². The topological polar surface area (TPSA) is 55.3 Å². The van der Waals surface area contributed by atoms with E-state index in [4.69, 9.17) is 10.2 Å². The highest BCUT2D eigenvalue weighted by Crippen LogP contribution is 2.35. The zero-order chi connectivity index (χ0) is 11.0. The minimum absolute atomic E-state index is 0. The minimum Gasteiger partial charge on any atom is -0.451 e. The number of halogens is 1. The monoisotopic (exact) mass is 257 g/mol. The molecule has 0 radical (unpaired) electrons. The Balaban J connectivity index is 0.00000108. The Morgan fingerprint density at radius 3 is 3.00 bits per heavy atom. The molecule has 1 aliphatic carbocycles. The van der Waals surface area contributed by atoms with E-state index in [1.165, 1.54) is 32.2 Å². The molecular weight excluding hydrogens is 238 g/mol. The number of fused-ring (bicyclic) bond motifs is 1. The number of oxazole rings is 1. The van der Waals surface area contributed by atoms with Crippen molar-refractivity contribution in [2.24, 2.45) is 17.6 Å². The van der Waals surface area contributed by atoms with Gasteiger partial charge in [0.15, 0.2) is 6.39 Å². The van der Waals surface area contributed by atoms with Crippen molar-refractivity contribution in [3.05, 3.63) is 18.4 Å². The molecule has 96 valence electrons. The van der Waals surface area contributed by atoms with Gasteiger partial charge in [-0.15, -0.1) is 12.4 Å². The second-order valence-electron chi connectivity index (χ2n) is 5.19. The van der Waals surface area contributed by atoms with Gasteiger partial charge in [0.05, 0.1) is 5.69 Å². The normalized spacial score (nSPS) is 33.1. The second kappa shape index (κ2) is 5.38. The quantitative estimate of drug-likeness (QED) is 0.876. The van der Waals surface area contributed by atoms with Gasteiger partial charge in [-0.25, -0.2) is 4.98 Å². The third kappa shape index (κ3) is 2.64. The fourth-order valence-electron chi connectivity index (χ4n) is 3.28. The van der Waals surface area contributed by atoms with Crippen molar-refractivity contribution < 1.29 is 4.42 Å². The lowest BCUT2D eigenvalue weighted by molar-refractivity contribution is 0.259. The summed E-state index contributed by atoms with van der Waals surface area (Å²) in [6.45, 7) is 3.24. The fraction of sp³-hybridized carbons (Fsp3) is 0.750. The molecule has 1 saturated carbocycles. The molecule has 2 aliphatic rings. The molecule has 2 N–H and O–H groups in total. The number of aromatic nitrogens is 1. The standard InChI is InChI=1S/C12H19N3O.ClH/c13-12-3-1-2-9-4-15(6-11(9)12)5-10-7-16-8-14-10;/h7-9,11-12H,1-6,13H2;1H. The van der Waals surface area contributed by atoms with Crippen molar-refractivity contribution in [2.75, 3.05) is 13.1 Å². The molecule has 2 fully saturated rings. The van der Waals surface area contributed by atoms with Crippen LogP contribution in [0.25, 0.3) is 0 Å². The van der Waals surface area contributed by atoms with Gasteiger partial charge in [0, 0.05) is 25.7 Å². The predicted molar refractivity (Wildman–Crippen MR) is 67.8 cm³/mol. The van der Waals surface area contributed by atoms with Crippen molar-refractivity contribution in [1.82, 2.24) is 9.88 Å². The van der Waals surface area contributed by atoms with Gasteiger partial charge in [-0.1, -0.05) is 6.42 Å². The van der Waals surface area contributed by atoms with Crippen molar-refractivity contribution in [1.29, 1.82) is 0 Å². The van der Waals surface area contributed by atoms with Gasteiger partial charge in [-0.05, 0) is 24.7 Å². The first-order chi connectivity index (χ1) is 7.83. The van der Waals surface area contributed by atoms with Gasteiger partial charge in [0.2, 0.25) is 0 Å². The largest absolute Gasteiger partial charge is 0.451 e. The highest BCUT2D eigenvalue weighted by molar-refractivity contribution is 5.85. The Kier molecular flexibility index (Phi) is 4.07. The smallest absolute Gasteiger partial charge is 0.180 e. The third-order valence-corrected chi connectivity index (χ3v) is 4.10. The maximum atomic E-state index is 6.19. The SMILES string of the molecule is Cl.NC1CCCC2CN(Cc3cocn3)CC12. The number of nitrogens with zero attached hydrogens (tertiary/aromatic N) is 2. The van der Waals surface area contributed by atoms with E-state index < -0.39 is 0 Å². The van der Waals surface area contributed by atoms with E-state index in [1.807, 2.05) is 0 Å². The molecule has 0 spiro atoms. The zero-order valence-corrected chi connectivity index (χ0v) is 10.7. The molecule has 1 aliphatic heterocycles. The Morgan fingerprint density at radius 1 is 1.41 bits per heavy atom. The van der Waals surface area contributed by atoms with Crippen LogP contribution in [0.3, 0.4) is 0 Å². The Labute approximate surface area is 108 Å². The summed E-state index contributed by atoms with van der Waals surface area (Å²) in [5.74, 6) is 1.52. The van der Waals surface area contributed by atoms with E-state index in [0.29, 0.717) is 12.0 Å². The van der Waals surface area contributed by atoms with E-state index in [1.54, 1.807) is 6.26 Å². The third-order valence-electron chi connectivity index (χ3n) is 4.10. The molecule has 2 heterocycles. The van der Waals surface area contributed by atoms with E-state index in [9.17, 15) is 0 Å². The van der Waals surface area contributed by atoms with Crippen molar-refractivity contribution >= 4 is 12.4 Å². The molecule has 0 aromatic carbocycles. The van der Waals surface area contributed by atoms with E-state index >= 15 is 0 Å². The summed E-state index contributed by atoms with van der Waals surface area (Å²) in [5, 5.41) is 0. The van der Waals surface area contributed by atoms with Crippen LogP contribution in [0, 0.1) is 11.8 Å². The Bertz CT molecular complexity index is 344. The Morgan fingerprint density at radius 2 is 2.29 bits per heavy atom. The molecule has 3 atom stereocenters. The van der Waals surface area contributed by atoms with Crippen molar-refractivity contribution in [2.45, 2.75) is 31.8 Å². The van der Waals surface area contributed by atoms with E-state index in [2.05, 4.69) is 9.88 Å². The number of rotatable bonds is 2. The van der Waals surface area contributed by atoms with E-state index in [-0.39, 0.29) is 12.4 Å². The molecule has 1 aromatic heterocycles. The summed E-state index contributed by atoms with van der Waals surface area (Å²) >= 11 is 0. The molecule has 1 aromatic rings. The molecule has 0 bridgehead atoms. The lowest BCUT2D eigenvalue weighted by atomic mass is 9.78. The number of hydrogen-bond acceptors (Lipinski definition) is 4. The van der Waals surface area contributed by atoms with Crippen LogP contribution in [-0.2, 0) is 6.54 Å². The average molecular weight is 258 g/mol. The maximum Gasteiger partial charge on any atom is 0.180 e. The van der Waals surface area contributed by atoms with Gasteiger partial charge in [-0.3, -0.25) is 4.90 Å².